The van der Waals surface area contributed by atoms with Crippen molar-refractivity contribution >= 4 is 5.91 Å². The number of aliphatic hydroxyl groups excluding tert-OH is 1. The molecule has 0 heterocycles. The van der Waals surface area contributed by atoms with Crippen LogP contribution in [-0.4, -0.2) is 30.8 Å². The Morgan fingerprint density at radius 1 is 1.45 bits per heavy atom. The monoisotopic (exact) mass is 277 g/mol. The third kappa shape index (κ3) is 3.73. The van der Waals surface area contributed by atoms with Crippen LogP contribution in [0.15, 0.2) is 18.2 Å². The molecular formula is C16H23NO3. The molecule has 2 rings (SSSR count). The number of rotatable bonds is 4. The molecule has 4 heteroatoms. The Kier molecular flexibility index (Phi) is 5.01. The highest BCUT2D eigenvalue weighted by Gasteiger charge is 2.21. The van der Waals surface area contributed by atoms with Crippen molar-refractivity contribution in [1.29, 1.82) is 0 Å². The topological polar surface area (TPSA) is 58.6 Å². The van der Waals surface area contributed by atoms with Crippen molar-refractivity contribution in [2.75, 3.05) is 13.7 Å². The molecule has 2 unspecified atom stereocenters. The molecule has 4 nitrogen and oxygen atoms in total. The molecule has 110 valence electrons. The average Bonchev–Trinajstić information content (AvgIpc) is 2.44. The average molecular weight is 277 g/mol. The predicted molar refractivity (Wildman–Crippen MR) is 78.0 cm³/mol. The Morgan fingerprint density at radius 3 is 2.90 bits per heavy atom. The largest absolute Gasteiger partial charge is 0.497 e. The van der Waals surface area contributed by atoms with Crippen LogP contribution in [0.3, 0.4) is 0 Å². The number of ether oxygens (including phenoxy) is 1. The molecule has 1 aromatic carbocycles. The first-order valence-electron chi connectivity index (χ1n) is 7.21. The fourth-order valence-electron chi connectivity index (χ4n) is 2.80. The van der Waals surface area contributed by atoms with Gasteiger partial charge in [0.15, 0.2) is 0 Å². The third-order valence-electron chi connectivity index (χ3n) is 3.98. The van der Waals surface area contributed by atoms with Crippen LogP contribution in [0.5, 0.6) is 5.75 Å². The zero-order valence-electron chi connectivity index (χ0n) is 12.2. The van der Waals surface area contributed by atoms with Crippen molar-refractivity contribution in [1.82, 2.24) is 5.32 Å². The maximum Gasteiger partial charge on any atom is 0.251 e. The predicted octanol–water partition coefficient (Wildman–Crippen LogP) is 2.28. The summed E-state index contributed by atoms with van der Waals surface area (Å²) < 4.78 is 5.14. The molecule has 2 atom stereocenters. The number of benzene rings is 1. The van der Waals surface area contributed by atoms with E-state index in [2.05, 4.69) is 5.32 Å². The number of nitrogens with one attached hydrogen (secondary N) is 1. The van der Waals surface area contributed by atoms with E-state index >= 15 is 0 Å². The second kappa shape index (κ2) is 6.75. The van der Waals surface area contributed by atoms with E-state index in [1.807, 2.05) is 13.0 Å². The van der Waals surface area contributed by atoms with Crippen LogP contribution in [0, 0.1) is 12.8 Å². The molecule has 1 aliphatic carbocycles. The normalized spacial score (nSPS) is 22.4. The molecular weight excluding hydrogens is 254 g/mol. The Balaban J connectivity index is 1.91. The third-order valence-corrected chi connectivity index (χ3v) is 3.98. The van der Waals surface area contributed by atoms with Gasteiger partial charge in [0.05, 0.1) is 13.2 Å². The number of hydrogen-bond donors (Lipinski definition) is 2. The van der Waals surface area contributed by atoms with E-state index in [4.69, 9.17) is 4.74 Å². The van der Waals surface area contributed by atoms with Crippen LogP contribution < -0.4 is 10.1 Å². The van der Waals surface area contributed by atoms with E-state index in [9.17, 15) is 9.90 Å². The summed E-state index contributed by atoms with van der Waals surface area (Å²) in [4.78, 5) is 12.2. The van der Waals surface area contributed by atoms with Crippen molar-refractivity contribution < 1.29 is 14.6 Å². The molecule has 0 aromatic heterocycles. The van der Waals surface area contributed by atoms with Crippen molar-refractivity contribution in [2.24, 2.45) is 5.92 Å². The maximum atomic E-state index is 12.2. The lowest BCUT2D eigenvalue weighted by molar-refractivity contribution is 0.0873. The molecule has 1 fully saturated rings. The van der Waals surface area contributed by atoms with Crippen molar-refractivity contribution in [2.45, 2.75) is 38.7 Å². The molecule has 1 amide bonds. The van der Waals surface area contributed by atoms with Crippen molar-refractivity contribution in [3.8, 4) is 5.75 Å². The van der Waals surface area contributed by atoms with Gasteiger partial charge in [-0.1, -0.05) is 6.42 Å². The number of carbonyl (C=O) groups is 1. The summed E-state index contributed by atoms with van der Waals surface area (Å²) in [6.45, 7) is 2.54. The van der Waals surface area contributed by atoms with Gasteiger partial charge in [-0.15, -0.1) is 0 Å². The Hall–Kier alpha value is -1.55. The highest BCUT2D eigenvalue weighted by Crippen LogP contribution is 2.23. The van der Waals surface area contributed by atoms with Crippen molar-refractivity contribution in [3.05, 3.63) is 29.3 Å². The Morgan fingerprint density at radius 2 is 2.25 bits per heavy atom. The van der Waals surface area contributed by atoms with Crippen LogP contribution in [0.1, 0.15) is 41.6 Å². The zero-order valence-corrected chi connectivity index (χ0v) is 12.2. The Bertz CT molecular complexity index is 473. The summed E-state index contributed by atoms with van der Waals surface area (Å²) in [5.41, 5.74) is 1.59. The van der Waals surface area contributed by atoms with Gasteiger partial charge in [0.2, 0.25) is 0 Å². The minimum absolute atomic E-state index is 0.0507. The number of aliphatic hydroxyl groups is 1. The van der Waals surface area contributed by atoms with Crippen LogP contribution in [0.4, 0.5) is 0 Å². The van der Waals surface area contributed by atoms with Crippen LogP contribution >= 0.6 is 0 Å². The summed E-state index contributed by atoms with van der Waals surface area (Å²) >= 11 is 0. The van der Waals surface area contributed by atoms with Crippen LogP contribution in [0.25, 0.3) is 0 Å². The molecule has 2 N–H and O–H groups in total. The number of hydrogen-bond acceptors (Lipinski definition) is 3. The van der Waals surface area contributed by atoms with E-state index in [0.29, 0.717) is 18.0 Å². The lowest BCUT2D eigenvalue weighted by atomic mass is 9.87. The summed E-state index contributed by atoms with van der Waals surface area (Å²) in [6.07, 6.45) is 3.61. The smallest absolute Gasteiger partial charge is 0.251 e. The molecule has 1 aliphatic rings. The summed E-state index contributed by atoms with van der Waals surface area (Å²) in [6, 6.07) is 5.45. The lowest BCUT2D eigenvalue weighted by Gasteiger charge is -2.26. The van der Waals surface area contributed by atoms with Gasteiger partial charge < -0.3 is 15.2 Å². The fraction of sp³-hybridized carbons (Fsp3) is 0.562. The molecule has 1 aromatic rings. The van der Waals surface area contributed by atoms with Gasteiger partial charge in [-0.25, -0.2) is 0 Å². The SMILES string of the molecule is COc1ccc(C(=O)NCC2CCCC(O)C2)c(C)c1. The van der Waals surface area contributed by atoms with Gasteiger partial charge in [0.1, 0.15) is 5.75 Å². The van der Waals surface area contributed by atoms with Gasteiger partial charge in [-0.2, -0.15) is 0 Å². The minimum atomic E-state index is -0.201. The fourth-order valence-corrected chi connectivity index (χ4v) is 2.80. The van der Waals surface area contributed by atoms with Gasteiger partial charge >= 0.3 is 0 Å². The lowest BCUT2D eigenvalue weighted by Crippen LogP contribution is -2.33. The van der Waals surface area contributed by atoms with Crippen LogP contribution in [0.2, 0.25) is 0 Å². The van der Waals surface area contributed by atoms with Crippen LogP contribution in [-0.2, 0) is 0 Å². The van der Waals surface area contributed by atoms with E-state index in [1.54, 1.807) is 19.2 Å². The number of aryl methyl sites for hydroxylation is 1. The quantitative estimate of drug-likeness (QED) is 0.887. The highest BCUT2D eigenvalue weighted by molar-refractivity contribution is 5.95. The molecule has 0 saturated heterocycles. The first kappa shape index (κ1) is 14.9. The van der Waals surface area contributed by atoms with E-state index in [-0.39, 0.29) is 12.0 Å². The minimum Gasteiger partial charge on any atom is -0.497 e. The molecule has 1 saturated carbocycles. The molecule has 0 aliphatic heterocycles. The van der Waals surface area contributed by atoms with Gasteiger partial charge in [0, 0.05) is 12.1 Å². The number of methoxy groups -OCH3 is 1. The molecule has 0 radical (unpaired) electrons. The first-order chi connectivity index (χ1) is 9.60. The van der Waals surface area contributed by atoms with E-state index in [1.165, 1.54) is 0 Å². The van der Waals surface area contributed by atoms with Gasteiger partial charge in [0.25, 0.3) is 5.91 Å². The van der Waals surface area contributed by atoms with Gasteiger partial charge in [-0.3, -0.25) is 4.79 Å². The summed E-state index contributed by atoms with van der Waals surface area (Å²) in [5.74, 6) is 1.10. The summed E-state index contributed by atoms with van der Waals surface area (Å²) in [5, 5.41) is 12.6. The summed E-state index contributed by atoms with van der Waals surface area (Å²) in [7, 11) is 1.61. The number of amides is 1. The zero-order chi connectivity index (χ0) is 14.5. The second-order valence-corrected chi connectivity index (χ2v) is 5.58. The van der Waals surface area contributed by atoms with Gasteiger partial charge in [-0.05, 0) is 55.9 Å². The molecule has 0 bridgehead atoms. The molecule has 20 heavy (non-hydrogen) atoms. The first-order valence-corrected chi connectivity index (χ1v) is 7.21. The van der Waals surface area contributed by atoms with Crippen molar-refractivity contribution in [3.63, 3.8) is 0 Å². The number of carbonyl (C=O) groups excluding carboxylic acids is 1. The van der Waals surface area contributed by atoms with E-state index in [0.717, 1.165) is 37.0 Å². The van der Waals surface area contributed by atoms with E-state index < -0.39 is 0 Å². The highest BCUT2D eigenvalue weighted by atomic mass is 16.5. The second-order valence-electron chi connectivity index (χ2n) is 5.58. The standard InChI is InChI=1S/C16H23NO3/c1-11-8-14(20-2)6-7-15(11)16(19)17-10-12-4-3-5-13(18)9-12/h6-8,12-13,18H,3-5,9-10H2,1-2H3,(H,17,19). The Labute approximate surface area is 120 Å². The maximum absolute atomic E-state index is 12.2. The molecule has 0 spiro atoms.